The van der Waals surface area contributed by atoms with Crippen molar-refractivity contribution in [1.82, 2.24) is 0 Å². The average molecular weight is 116 g/mol. The third-order valence-corrected chi connectivity index (χ3v) is 3.76. The standard InChI is InChI=1S/C4H13BOSi/c1-5(6)7(2,3)4/h6H,1-4H3. The van der Waals surface area contributed by atoms with Crippen molar-refractivity contribution < 1.29 is 5.02 Å². The maximum atomic E-state index is 8.95. The second-order valence-electron chi connectivity index (χ2n) is 3.04. The van der Waals surface area contributed by atoms with E-state index in [2.05, 4.69) is 19.6 Å². The highest BCUT2D eigenvalue weighted by Gasteiger charge is 2.23. The Bertz CT molecular complexity index is 57.2. The number of rotatable bonds is 1. The molecule has 0 aliphatic rings. The average Bonchev–Trinajstić information content (AvgIpc) is 1.31. The van der Waals surface area contributed by atoms with Crippen molar-refractivity contribution in [2.45, 2.75) is 26.5 Å². The predicted molar refractivity (Wildman–Crippen MR) is 37.2 cm³/mol. The van der Waals surface area contributed by atoms with Gasteiger partial charge in [-0.3, -0.25) is 0 Å². The molecule has 0 aliphatic carbocycles. The molecule has 0 amide bonds. The van der Waals surface area contributed by atoms with Gasteiger partial charge in [0.2, 0.25) is 0 Å². The summed E-state index contributed by atoms with van der Waals surface area (Å²) < 4.78 is 0. The molecule has 0 heterocycles. The van der Waals surface area contributed by atoms with Crippen LogP contribution >= 0.6 is 0 Å². The lowest BCUT2D eigenvalue weighted by Crippen LogP contribution is -2.39. The fourth-order valence-corrected chi connectivity index (χ4v) is 0. The summed E-state index contributed by atoms with van der Waals surface area (Å²) >= 11 is 0. The summed E-state index contributed by atoms with van der Waals surface area (Å²) in [5.41, 5.74) is 0. The van der Waals surface area contributed by atoms with Crippen LogP contribution in [0.2, 0.25) is 26.5 Å². The Kier molecular flexibility index (Phi) is 2.08. The largest absolute Gasteiger partial charge is 0.454 e. The molecule has 0 bridgehead atoms. The highest BCUT2D eigenvalue weighted by atomic mass is 28.3. The van der Waals surface area contributed by atoms with E-state index < -0.39 is 7.94 Å². The van der Waals surface area contributed by atoms with Gasteiger partial charge in [-0.1, -0.05) is 26.5 Å². The van der Waals surface area contributed by atoms with Crippen LogP contribution in [0.5, 0.6) is 0 Å². The molecule has 42 valence electrons. The van der Waals surface area contributed by atoms with Crippen LogP contribution in [0.3, 0.4) is 0 Å². The van der Waals surface area contributed by atoms with E-state index in [4.69, 9.17) is 5.02 Å². The topological polar surface area (TPSA) is 20.2 Å². The Balaban J connectivity index is 3.54. The van der Waals surface area contributed by atoms with Gasteiger partial charge in [0.25, 0.3) is 6.51 Å². The summed E-state index contributed by atoms with van der Waals surface area (Å²) in [6.45, 7) is 8.26. The molecule has 0 aromatic rings. The minimum Gasteiger partial charge on any atom is -0.454 e. The first kappa shape index (κ1) is 7.24. The minimum absolute atomic E-state index is 0.0625. The van der Waals surface area contributed by atoms with Gasteiger partial charge in [-0.25, -0.2) is 0 Å². The molecule has 0 unspecified atom stereocenters. The zero-order chi connectivity index (χ0) is 6.08. The Labute approximate surface area is 46.8 Å². The molecule has 0 saturated heterocycles. The summed E-state index contributed by atoms with van der Waals surface area (Å²) in [4.78, 5) is 0. The Hall–Kier alpha value is 0.242. The van der Waals surface area contributed by atoms with Gasteiger partial charge in [-0.2, -0.15) is 0 Å². The maximum Gasteiger partial charge on any atom is 0.271 e. The second-order valence-corrected chi connectivity index (χ2v) is 8.61. The van der Waals surface area contributed by atoms with Crippen molar-refractivity contribution in [3.63, 3.8) is 0 Å². The predicted octanol–water partition coefficient (Wildman–Crippen LogP) is 1.02. The van der Waals surface area contributed by atoms with Crippen LogP contribution in [-0.2, 0) is 0 Å². The van der Waals surface area contributed by atoms with E-state index >= 15 is 0 Å². The van der Waals surface area contributed by atoms with Crippen LogP contribution < -0.4 is 0 Å². The second kappa shape index (κ2) is 2.01. The van der Waals surface area contributed by atoms with Gasteiger partial charge in [-0.05, 0) is 0 Å². The van der Waals surface area contributed by atoms with Crippen LogP contribution in [0, 0.1) is 0 Å². The zero-order valence-electron chi connectivity index (χ0n) is 5.52. The normalized spacial score (nSPS) is 11.6. The lowest BCUT2D eigenvalue weighted by atomic mass is 10.1. The number of hydrogen-bond donors (Lipinski definition) is 1. The first-order valence-electron chi connectivity index (χ1n) is 2.62. The smallest absolute Gasteiger partial charge is 0.271 e. The molecule has 3 heteroatoms. The van der Waals surface area contributed by atoms with Crippen LogP contribution in [0.1, 0.15) is 0 Å². The molecule has 0 radical (unpaired) electrons. The number of hydrogen-bond acceptors (Lipinski definition) is 1. The van der Waals surface area contributed by atoms with E-state index in [1.807, 2.05) is 6.82 Å². The molecule has 0 aromatic carbocycles. The third kappa shape index (κ3) is 2.88. The van der Waals surface area contributed by atoms with Crippen molar-refractivity contribution in [2.24, 2.45) is 0 Å². The first-order chi connectivity index (χ1) is 2.94. The van der Waals surface area contributed by atoms with E-state index in [0.29, 0.717) is 0 Å². The third-order valence-electron chi connectivity index (χ3n) is 1.25. The monoisotopic (exact) mass is 116 g/mol. The van der Waals surface area contributed by atoms with Crippen molar-refractivity contribution in [3.05, 3.63) is 0 Å². The first-order valence-corrected chi connectivity index (χ1v) is 6.20. The van der Waals surface area contributed by atoms with Gasteiger partial charge in [0.1, 0.15) is 0 Å². The summed E-state index contributed by atoms with van der Waals surface area (Å²) in [7, 11) is -1.18. The molecule has 0 saturated carbocycles. The Morgan fingerprint density at radius 3 is 1.43 bits per heavy atom. The fourth-order valence-electron chi connectivity index (χ4n) is 0. The van der Waals surface area contributed by atoms with Crippen molar-refractivity contribution >= 4 is 14.5 Å². The zero-order valence-corrected chi connectivity index (χ0v) is 6.52. The SMILES string of the molecule is CB(O)[Si](C)(C)C. The molecule has 0 spiro atoms. The maximum absolute atomic E-state index is 8.95. The molecular formula is C4H13BOSi. The van der Waals surface area contributed by atoms with Gasteiger partial charge < -0.3 is 5.02 Å². The molecule has 0 aromatic heterocycles. The lowest BCUT2D eigenvalue weighted by Gasteiger charge is -2.14. The van der Waals surface area contributed by atoms with E-state index in [0.717, 1.165) is 0 Å². The molecular weight excluding hydrogens is 103 g/mol. The molecule has 7 heavy (non-hydrogen) atoms. The van der Waals surface area contributed by atoms with Crippen molar-refractivity contribution in [3.8, 4) is 0 Å². The van der Waals surface area contributed by atoms with E-state index in [1.165, 1.54) is 0 Å². The fraction of sp³-hybridized carbons (Fsp3) is 1.00. The highest BCUT2D eigenvalue weighted by molar-refractivity contribution is 7.28. The van der Waals surface area contributed by atoms with Crippen molar-refractivity contribution in [2.75, 3.05) is 0 Å². The molecule has 0 rings (SSSR count). The summed E-state index contributed by atoms with van der Waals surface area (Å²) in [5, 5.41) is 8.95. The quantitative estimate of drug-likeness (QED) is 0.507. The Morgan fingerprint density at radius 2 is 1.43 bits per heavy atom. The molecule has 1 N–H and O–H groups in total. The Morgan fingerprint density at radius 1 is 1.29 bits per heavy atom. The van der Waals surface area contributed by atoms with Crippen LogP contribution in [0.25, 0.3) is 0 Å². The highest BCUT2D eigenvalue weighted by Crippen LogP contribution is 2.01. The van der Waals surface area contributed by atoms with Crippen LogP contribution in [0.15, 0.2) is 0 Å². The van der Waals surface area contributed by atoms with Crippen molar-refractivity contribution in [1.29, 1.82) is 0 Å². The molecule has 0 atom stereocenters. The van der Waals surface area contributed by atoms with Gasteiger partial charge in [-0.15, -0.1) is 0 Å². The van der Waals surface area contributed by atoms with Gasteiger partial charge in [0.05, 0.1) is 7.94 Å². The van der Waals surface area contributed by atoms with E-state index in [9.17, 15) is 0 Å². The summed E-state index contributed by atoms with van der Waals surface area (Å²) in [6.07, 6.45) is 0. The molecule has 0 aliphatic heterocycles. The molecule has 1 nitrogen and oxygen atoms in total. The van der Waals surface area contributed by atoms with Crippen LogP contribution in [0.4, 0.5) is 0 Å². The van der Waals surface area contributed by atoms with Gasteiger partial charge >= 0.3 is 0 Å². The van der Waals surface area contributed by atoms with Gasteiger partial charge in [0, 0.05) is 0 Å². The summed E-state index contributed by atoms with van der Waals surface area (Å²) in [5.74, 6) is 0. The van der Waals surface area contributed by atoms with Gasteiger partial charge in [0.15, 0.2) is 0 Å². The minimum atomic E-state index is -1.18. The lowest BCUT2D eigenvalue weighted by molar-refractivity contribution is 0.597. The van der Waals surface area contributed by atoms with Crippen LogP contribution in [-0.4, -0.2) is 19.5 Å². The summed E-state index contributed by atoms with van der Waals surface area (Å²) in [6, 6.07) is 0. The van der Waals surface area contributed by atoms with E-state index in [1.54, 1.807) is 0 Å². The molecule has 0 fully saturated rings. The van der Waals surface area contributed by atoms with E-state index in [-0.39, 0.29) is 6.51 Å².